The van der Waals surface area contributed by atoms with Gasteiger partial charge in [0.25, 0.3) is 0 Å². The van der Waals surface area contributed by atoms with Crippen molar-refractivity contribution in [2.75, 3.05) is 13.2 Å². The summed E-state index contributed by atoms with van der Waals surface area (Å²) in [7, 11) is 0. The number of hydrogen-bond acceptors (Lipinski definition) is 3. The van der Waals surface area contributed by atoms with Crippen LogP contribution in [0.2, 0.25) is 0 Å². The predicted molar refractivity (Wildman–Crippen MR) is 81.9 cm³/mol. The van der Waals surface area contributed by atoms with Gasteiger partial charge in [0, 0.05) is 12.6 Å². The summed E-state index contributed by atoms with van der Waals surface area (Å²) in [5, 5.41) is 9.56. The summed E-state index contributed by atoms with van der Waals surface area (Å²) in [4.78, 5) is 2.48. The van der Waals surface area contributed by atoms with Gasteiger partial charge in [-0.05, 0) is 50.4 Å². The van der Waals surface area contributed by atoms with E-state index in [1.807, 2.05) is 19.1 Å². The molecule has 20 heavy (non-hydrogen) atoms. The van der Waals surface area contributed by atoms with Crippen molar-refractivity contribution in [1.29, 1.82) is 0 Å². The number of nitrogens with zero attached hydrogens (tertiary/aromatic N) is 1. The van der Waals surface area contributed by atoms with Crippen LogP contribution < -0.4 is 4.74 Å². The first kappa shape index (κ1) is 15.1. The number of aliphatic hydroxyl groups excluding tert-OH is 1. The van der Waals surface area contributed by atoms with E-state index in [9.17, 15) is 5.11 Å². The lowest BCUT2D eigenvalue weighted by Gasteiger charge is -2.25. The summed E-state index contributed by atoms with van der Waals surface area (Å²) >= 11 is 0. The van der Waals surface area contributed by atoms with Gasteiger partial charge in [-0.3, -0.25) is 4.90 Å². The van der Waals surface area contributed by atoms with Gasteiger partial charge in [0.1, 0.15) is 12.4 Å². The van der Waals surface area contributed by atoms with E-state index in [-0.39, 0.29) is 6.10 Å². The first-order valence-electron chi connectivity index (χ1n) is 7.44. The second-order valence-corrected chi connectivity index (χ2v) is 5.59. The summed E-state index contributed by atoms with van der Waals surface area (Å²) in [6, 6.07) is 8.79. The van der Waals surface area contributed by atoms with Gasteiger partial charge in [0.2, 0.25) is 0 Å². The van der Waals surface area contributed by atoms with Crippen molar-refractivity contribution in [3.8, 4) is 5.75 Å². The van der Waals surface area contributed by atoms with Crippen molar-refractivity contribution in [1.82, 2.24) is 4.90 Å². The van der Waals surface area contributed by atoms with E-state index in [1.165, 1.54) is 18.4 Å². The molecule has 110 valence electrons. The molecular formula is C17H25NO2. The van der Waals surface area contributed by atoms with Crippen molar-refractivity contribution in [2.45, 2.75) is 44.9 Å². The molecule has 1 heterocycles. The van der Waals surface area contributed by atoms with E-state index < -0.39 is 0 Å². The third-order valence-corrected chi connectivity index (χ3v) is 3.79. The molecule has 3 heteroatoms. The van der Waals surface area contributed by atoms with Gasteiger partial charge in [0.05, 0.1) is 6.10 Å². The van der Waals surface area contributed by atoms with Crippen LogP contribution in [0, 0.1) is 0 Å². The lowest BCUT2D eigenvalue weighted by atomic mass is 10.1. The van der Waals surface area contributed by atoms with Crippen molar-refractivity contribution in [2.24, 2.45) is 0 Å². The monoisotopic (exact) mass is 275 g/mol. The largest absolute Gasteiger partial charge is 0.490 e. The number of hydrogen-bond donors (Lipinski definition) is 1. The average molecular weight is 275 g/mol. The molecule has 1 aliphatic rings. The normalized spacial score (nSPS) is 20.8. The fraction of sp³-hybridized carbons (Fsp3) is 0.529. The Morgan fingerprint density at radius 3 is 2.85 bits per heavy atom. The van der Waals surface area contributed by atoms with Gasteiger partial charge in [-0.25, -0.2) is 0 Å². The molecule has 1 aromatic rings. The molecule has 3 nitrogen and oxygen atoms in total. The number of likely N-dealkylation sites (tertiary alicyclic amines) is 1. The SMILES string of the molecule is C=CCOc1ccc(CN2CCCC2CC(C)O)cc1. The third-order valence-electron chi connectivity index (χ3n) is 3.79. The standard InChI is InChI=1S/C17H25NO2/c1-3-11-20-17-8-6-15(7-9-17)13-18-10-4-5-16(18)12-14(2)19/h3,6-9,14,16,19H,1,4-5,10-13H2,2H3. The van der Waals surface area contributed by atoms with E-state index >= 15 is 0 Å². The highest BCUT2D eigenvalue weighted by Crippen LogP contribution is 2.24. The summed E-state index contributed by atoms with van der Waals surface area (Å²) in [5.74, 6) is 0.885. The molecule has 0 aliphatic carbocycles. The fourth-order valence-electron chi connectivity index (χ4n) is 2.84. The first-order chi connectivity index (χ1) is 9.69. The molecular weight excluding hydrogens is 250 g/mol. The van der Waals surface area contributed by atoms with E-state index in [0.717, 1.165) is 25.3 Å². The lowest BCUT2D eigenvalue weighted by Crippen LogP contribution is -2.31. The van der Waals surface area contributed by atoms with E-state index in [2.05, 4.69) is 23.6 Å². The average Bonchev–Trinajstić information content (AvgIpc) is 2.84. The van der Waals surface area contributed by atoms with E-state index in [1.54, 1.807) is 6.08 Å². The number of benzene rings is 1. The molecule has 1 aromatic carbocycles. The predicted octanol–water partition coefficient (Wildman–Crippen LogP) is 2.99. The first-order valence-corrected chi connectivity index (χ1v) is 7.44. The van der Waals surface area contributed by atoms with E-state index in [0.29, 0.717) is 12.6 Å². The van der Waals surface area contributed by atoms with Gasteiger partial charge in [-0.15, -0.1) is 0 Å². The molecule has 0 saturated carbocycles. The second kappa shape index (κ2) is 7.46. The van der Waals surface area contributed by atoms with E-state index in [4.69, 9.17) is 4.74 Å². The minimum atomic E-state index is -0.213. The summed E-state index contributed by atoms with van der Waals surface area (Å²) in [5.41, 5.74) is 1.30. The zero-order valence-corrected chi connectivity index (χ0v) is 12.3. The highest BCUT2D eigenvalue weighted by atomic mass is 16.5. The quantitative estimate of drug-likeness (QED) is 0.777. The smallest absolute Gasteiger partial charge is 0.119 e. The van der Waals surface area contributed by atoms with Gasteiger partial charge in [0.15, 0.2) is 0 Å². The van der Waals surface area contributed by atoms with Gasteiger partial charge in [-0.2, -0.15) is 0 Å². The molecule has 1 N–H and O–H groups in total. The van der Waals surface area contributed by atoms with Crippen LogP contribution in [0.1, 0.15) is 31.7 Å². The molecule has 0 aromatic heterocycles. The topological polar surface area (TPSA) is 32.7 Å². The Morgan fingerprint density at radius 1 is 1.45 bits per heavy atom. The molecule has 0 spiro atoms. The van der Waals surface area contributed by atoms with Crippen molar-refractivity contribution < 1.29 is 9.84 Å². The maximum atomic E-state index is 9.56. The highest BCUT2D eigenvalue weighted by Gasteiger charge is 2.25. The Balaban J connectivity index is 1.90. The third kappa shape index (κ3) is 4.36. The molecule has 1 saturated heterocycles. The lowest BCUT2D eigenvalue weighted by molar-refractivity contribution is 0.131. The fourth-order valence-corrected chi connectivity index (χ4v) is 2.84. The highest BCUT2D eigenvalue weighted by molar-refractivity contribution is 5.27. The Bertz CT molecular complexity index is 414. The van der Waals surface area contributed by atoms with Crippen LogP contribution in [0.3, 0.4) is 0 Å². The number of aliphatic hydroxyl groups is 1. The van der Waals surface area contributed by atoms with Crippen LogP contribution in [0.5, 0.6) is 5.75 Å². The maximum absolute atomic E-state index is 9.56. The van der Waals surface area contributed by atoms with Crippen LogP contribution in [0.4, 0.5) is 0 Å². The minimum absolute atomic E-state index is 0.213. The van der Waals surface area contributed by atoms with Crippen molar-refractivity contribution in [3.05, 3.63) is 42.5 Å². The Hall–Kier alpha value is -1.32. The summed E-state index contributed by atoms with van der Waals surface area (Å²) in [6.07, 6.45) is 4.85. The Kier molecular flexibility index (Phi) is 5.62. The molecule has 0 bridgehead atoms. The Labute approximate surface area is 121 Å². The second-order valence-electron chi connectivity index (χ2n) is 5.59. The minimum Gasteiger partial charge on any atom is -0.490 e. The molecule has 2 rings (SSSR count). The van der Waals surface area contributed by atoms with Crippen molar-refractivity contribution >= 4 is 0 Å². The Morgan fingerprint density at radius 2 is 2.20 bits per heavy atom. The van der Waals surface area contributed by atoms with Crippen LogP contribution in [0.15, 0.2) is 36.9 Å². The summed E-state index contributed by atoms with van der Waals surface area (Å²) in [6.45, 7) is 8.15. The van der Waals surface area contributed by atoms with Crippen LogP contribution in [-0.4, -0.2) is 35.3 Å². The van der Waals surface area contributed by atoms with Crippen LogP contribution in [-0.2, 0) is 6.54 Å². The van der Waals surface area contributed by atoms with Crippen LogP contribution >= 0.6 is 0 Å². The molecule has 1 aliphatic heterocycles. The molecule has 0 radical (unpaired) electrons. The molecule has 2 atom stereocenters. The molecule has 1 fully saturated rings. The summed E-state index contributed by atoms with van der Waals surface area (Å²) < 4.78 is 5.49. The number of ether oxygens (including phenoxy) is 1. The molecule has 0 amide bonds. The van der Waals surface area contributed by atoms with Gasteiger partial charge in [-0.1, -0.05) is 24.8 Å². The van der Waals surface area contributed by atoms with Gasteiger partial charge < -0.3 is 9.84 Å². The maximum Gasteiger partial charge on any atom is 0.119 e. The van der Waals surface area contributed by atoms with Crippen LogP contribution in [0.25, 0.3) is 0 Å². The number of rotatable bonds is 7. The zero-order valence-electron chi connectivity index (χ0n) is 12.3. The van der Waals surface area contributed by atoms with Gasteiger partial charge >= 0.3 is 0 Å². The zero-order chi connectivity index (χ0) is 14.4. The molecule has 2 unspecified atom stereocenters. The van der Waals surface area contributed by atoms with Crippen molar-refractivity contribution in [3.63, 3.8) is 0 Å².